The SMILES string of the molecule is COc1cc(F)c2c(c1)C(CN)N(CCCN(C)C)C2. The molecule has 0 aromatic heterocycles. The van der Waals surface area contributed by atoms with Gasteiger partial charge >= 0.3 is 0 Å². The number of nitrogens with zero attached hydrogens (tertiary/aromatic N) is 2. The van der Waals surface area contributed by atoms with Crippen LogP contribution in [0.3, 0.4) is 0 Å². The standard InChI is InChI=1S/C15H24FN3O/c1-18(2)5-4-6-19-10-13-12(15(19)9-17)7-11(20-3)8-14(13)16/h7-8,15H,4-6,9-10,17H2,1-3H3. The van der Waals surface area contributed by atoms with Crippen LogP contribution < -0.4 is 10.5 Å². The van der Waals surface area contributed by atoms with Crippen molar-refractivity contribution in [1.29, 1.82) is 0 Å². The summed E-state index contributed by atoms with van der Waals surface area (Å²) in [7, 11) is 5.68. The van der Waals surface area contributed by atoms with Crippen LogP contribution in [0.25, 0.3) is 0 Å². The first-order valence-corrected chi connectivity index (χ1v) is 7.02. The van der Waals surface area contributed by atoms with Gasteiger partial charge in [0.05, 0.1) is 7.11 Å². The smallest absolute Gasteiger partial charge is 0.131 e. The first-order chi connectivity index (χ1) is 9.56. The monoisotopic (exact) mass is 281 g/mol. The average Bonchev–Trinajstić information content (AvgIpc) is 2.76. The lowest BCUT2D eigenvalue weighted by Gasteiger charge is -2.24. The Labute approximate surface area is 120 Å². The molecule has 1 aromatic rings. The van der Waals surface area contributed by atoms with Crippen LogP contribution in [0.4, 0.5) is 4.39 Å². The number of nitrogens with two attached hydrogens (primary N) is 1. The second kappa shape index (κ2) is 6.52. The lowest BCUT2D eigenvalue weighted by Crippen LogP contribution is -2.30. The van der Waals surface area contributed by atoms with Crippen molar-refractivity contribution in [1.82, 2.24) is 9.80 Å². The zero-order valence-corrected chi connectivity index (χ0v) is 12.5. The third kappa shape index (κ3) is 3.11. The van der Waals surface area contributed by atoms with Crippen LogP contribution in [0.15, 0.2) is 12.1 Å². The summed E-state index contributed by atoms with van der Waals surface area (Å²) in [5, 5.41) is 0. The molecule has 1 heterocycles. The Kier molecular flexibility index (Phi) is 4.96. The summed E-state index contributed by atoms with van der Waals surface area (Å²) >= 11 is 0. The highest BCUT2D eigenvalue weighted by molar-refractivity contribution is 5.41. The van der Waals surface area contributed by atoms with Crippen LogP contribution in [0, 0.1) is 5.82 Å². The number of hydrogen-bond donors (Lipinski definition) is 1. The van der Waals surface area contributed by atoms with Gasteiger partial charge in [-0.2, -0.15) is 0 Å². The maximum absolute atomic E-state index is 14.1. The first-order valence-electron chi connectivity index (χ1n) is 7.02. The molecule has 0 aliphatic carbocycles. The highest BCUT2D eigenvalue weighted by Gasteiger charge is 2.31. The van der Waals surface area contributed by atoms with Crippen molar-refractivity contribution in [2.24, 2.45) is 5.73 Å². The lowest BCUT2D eigenvalue weighted by molar-refractivity contribution is 0.207. The van der Waals surface area contributed by atoms with Crippen molar-refractivity contribution in [2.45, 2.75) is 19.0 Å². The van der Waals surface area contributed by atoms with Gasteiger partial charge in [0, 0.05) is 37.3 Å². The van der Waals surface area contributed by atoms with Crippen molar-refractivity contribution >= 4 is 0 Å². The van der Waals surface area contributed by atoms with Crippen LogP contribution in [-0.4, -0.2) is 50.6 Å². The number of rotatable bonds is 6. The van der Waals surface area contributed by atoms with E-state index < -0.39 is 0 Å². The molecule has 0 bridgehead atoms. The Hall–Kier alpha value is -1.17. The van der Waals surface area contributed by atoms with Crippen LogP contribution in [0.5, 0.6) is 5.75 Å². The molecule has 1 aliphatic rings. The summed E-state index contributed by atoms with van der Waals surface area (Å²) in [5.41, 5.74) is 7.65. The zero-order chi connectivity index (χ0) is 14.7. The molecule has 112 valence electrons. The molecular weight excluding hydrogens is 257 g/mol. The fourth-order valence-corrected chi connectivity index (χ4v) is 2.82. The van der Waals surface area contributed by atoms with Crippen molar-refractivity contribution in [3.8, 4) is 5.75 Å². The summed E-state index contributed by atoms with van der Waals surface area (Å²) in [6, 6.07) is 3.47. The van der Waals surface area contributed by atoms with E-state index in [1.807, 2.05) is 6.07 Å². The van der Waals surface area contributed by atoms with E-state index in [1.165, 1.54) is 6.07 Å². The van der Waals surface area contributed by atoms with Gasteiger partial charge in [0.2, 0.25) is 0 Å². The van der Waals surface area contributed by atoms with Crippen LogP contribution >= 0.6 is 0 Å². The molecule has 4 nitrogen and oxygen atoms in total. The molecular formula is C15H24FN3O. The van der Waals surface area contributed by atoms with Gasteiger partial charge in [-0.3, -0.25) is 4.90 Å². The lowest BCUT2D eigenvalue weighted by atomic mass is 10.0. The molecule has 0 radical (unpaired) electrons. The summed E-state index contributed by atoms with van der Waals surface area (Å²) in [4.78, 5) is 4.42. The zero-order valence-electron chi connectivity index (χ0n) is 12.5. The molecule has 20 heavy (non-hydrogen) atoms. The van der Waals surface area contributed by atoms with Gasteiger partial charge in [0.25, 0.3) is 0 Å². The normalized spacial score (nSPS) is 18.6. The highest BCUT2D eigenvalue weighted by atomic mass is 19.1. The van der Waals surface area contributed by atoms with Gasteiger partial charge < -0.3 is 15.4 Å². The van der Waals surface area contributed by atoms with Gasteiger partial charge in [0.1, 0.15) is 11.6 Å². The Morgan fingerprint density at radius 3 is 2.80 bits per heavy atom. The van der Waals surface area contributed by atoms with E-state index in [1.54, 1.807) is 7.11 Å². The van der Waals surface area contributed by atoms with E-state index >= 15 is 0 Å². The second-order valence-corrected chi connectivity index (χ2v) is 5.56. The molecule has 0 saturated heterocycles. The third-order valence-corrected chi connectivity index (χ3v) is 3.87. The first kappa shape index (κ1) is 15.2. The Bertz CT molecular complexity index is 465. The van der Waals surface area contributed by atoms with Crippen molar-refractivity contribution in [3.05, 3.63) is 29.1 Å². The van der Waals surface area contributed by atoms with Crippen molar-refractivity contribution < 1.29 is 9.13 Å². The molecule has 1 unspecified atom stereocenters. The van der Waals surface area contributed by atoms with E-state index in [2.05, 4.69) is 23.9 Å². The largest absolute Gasteiger partial charge is 0.497 e. The maximum atomic E-state index is 14.1. The van der Waals surface area contributed by atoms with Crippen LogP contribution in [0.1, 0.15) is 23.6 Å². The summed E-state index contributed by atoms with van der Waals surface area (Å²) < 4.78 is 19.3. The number of methoxy groups -OCH3 is 1. The molecule has 0 saturated carbocycles. The number of halogens is 1. The Morgan fingerprint density at radius 2 is 2.20 bits per heavy atom. The van der Waals surface area contributed by atoms with Gasteiger partial charge in [0.15, 0.2) is 0 Å². The van der Waals surface area contributed by atoms with E-state index in [4.69, 9.17) is 10.5 Å². The molecule has 2 rings (SSSR count). The van der Waals surface area contributed by atoms with Gasteiger partial charge in [-0.1, -0.05) is 0 Å². The Balaban J connectivity index is 2.14. The van der Waals surface area contributed by atoms with Gasteiger partial charge in [-0.05, 0) is 38.7 Å². The summed E-state index contributed by atoms with van der Waals surface area (Å²) in [5.74, 6) is 0.378. The number of benzene rings is 1. The second-order valence-electron chi connectivity index (χ2n) is 5.56. The van der Waals surface area contributed by atoms with E-state index in [0.717, 1.165) is 30.6 Å². The van der Waals surface area contributed by atoms with Crippen molar-refractivity contribution in [3.63, 3.8) is 0 Å². The number of ether oxygens (including phenoxy) is 1. The molecule has 0 amide bonds. The molecule has 2 N–H and O–H groups in total. The van der Waals surface area contributed by atoms with E-state index in [9.17, 15) is 4.39 Å². The number of fused-ring (bicyclic) bond motifs is 1. The molecule has 0 fully saturated rings. The van der Waals surface area contributed by atoms with Crippen LogP contribution in [-0.2, 0) is 6.54 Å². The minimum Gasteiger partial charge on any atom is -0.497 e. The van der Waals surface area contributed by atoms with Gasteiger partial charge in [-0.25, -0.2) is 4.39 Å². The molecule has 1 atom stereocenters. The quantitative estimate of drug-likeness (QED) is 0.860. The fourth-order valence-electron chi connectivity index (χ4n) is 2.82. The highest BCUT2D eigenvalue weighted by Crippen LogP contribution is 2.37. The predicted molar refractivity (Wildman–Crippen MR) is 78.3 cm³/mol. The Morgan fingerprint density at radius 1 is 1.45 bits per heavy atom. The third-order valence-electron chi connectivity index (χ3n) is 3.87. The maximum Gasteiger partial charge on any atom is 0.131 e. The fraction of sp³-hybridized carbons (Fsp3) is 0.600. The van der Waals surface area contributed by atoms with Gasteiger partial charge in [-0.15, -0.1) is 0 Å². The minimum absolute atomic E-state index is 0.0942. The summed E-state index contributed by atoms with van der Waals surface area (Å²) in [6.45, 7) is 3.09. The number of hydrogen-bond acceptors (Lipinski definition) is 4. The average molecular weight is 281 g/mol. The predicted octanol–water partition coefficient (Wildman–Crippen LogP) is 1.60. The molecule has 1 aromatic carbocycles. The molecule has 0 spiro atoms. The van der Waals surface area contributed by atoms with Crippen molar-refractivity contribution in [2.75, 3.05) is 40.8 Å². The van der Waals surface area contributed by atoms with E-state index in [0.29, 0.717) is 18.8 Å². The molecule has 5 heteroatoms. The van der Waals surface area contributed by atoms with E-state index in [-0.39, 0.29) is 11.9 Å². The van der Waals surface area contributed by atoms with Crippen LogP contribution in [0.2, 0.25) is 0 Å². The topological polar surface area (TPSA) is 41.7 Å². The minimum atomic E-state index is -0.187. The molecule has 1 aliphatic heterocycles. The summed E-state index contributed by atoms with van der Waals surface area (Å²) in [6.07, 6.45) is 1.05.